The number of hydrogen-bond donors (Lipinski definition) is 3. The average Bonchev–Trinajstić information content (AvgIpc) is 2.51. The van der Waals surface area contributed by atoms with Gasteiger partial charge in [0.2, 0.25) is 0 Å². The van der Waals surface area contributed by atoms with Crippen LogP contribution in [-0.2, 0) is 11.8 Å². The Balaban J connectivity index is 2.31. The molecule has 0 saturated heterocycles. The molecular formula is C8H12N4O3. The molecule has 1 heterocycles. The number of aliphatic carboxylic acids is 1. The normalized spacial score (nSPS) is 9.67. The summed E-state index contributed by atoms with van der Waals surface area (Å²) in [6, 6.07) is 1.19. The second kappa shape index (κ2) is 4.99. The lowest BCUT2D eigenvalue weighted by Crippen LogP contribution is -2.31. The van der Waals surface area contributed by atoms with Gasteiger partial charge in [-0.25, -0.2) is 4.79 Å². The van der Waals surface area contributed by atoms with Crippen LogP contribution in [0.2, 0.25) is 0 Å². The van der Waals surface area contributed by atoms with Gasteiger partial charge in [0, 0.05) is 19.7 Å². The molecule has 0 bridgehead atoms. The summed E-state index contributed by atoms with van der Waals surface area (Å²) < 4.78 is 1.50. The fourth-order valence-electron chi connectivity index (χ4n) is 0.940. The maximum Gasteiger partial charge on any atom is 0.320 e. The van der Waals surface area contributed by atoms with E-state index in [2.05, 4.69) is 15.7 Å². The van der Waals surface area contributed by atoms with Crippen molar-refractivity contribution in [1.29, 1.82) is 0 Å². The lowest BCUT2D eigenvalue weighted by atomic mass is 10.4. The number of carboxylic acid groups (broad SMARTS) is 1. The fourth-order valence-corrected chi connectivity index (χ4v) is 0.940. The minimum absolute atomic E-state index is 0.0962. The van der Waals surface area contributed by atoms with E-state index in [1.54, 1.807) is 19.3 Å². The number of carbonyl (C=O) groups excluding carboxylic acids is 1. The van der Waals surface area contributed by atoms with Gasteiger partial charge in [0.1, 0.15) is 5.82 Å². The van der Waals surface area contributed by atoms with Crippen LogP contribution < -0.4 is 10.6 Å². The van der Waals surface area contributed by atoms with Crippen LogP contribution in [-0.4, -0.2) is 33.4 Å². The van der Waals surface area contributed by atoms with Gasteiger partial charge in [0.25, 0.3) is 0 Å². The number of hydrogen-bond acceptors (Lipinski definition) is 3. The zero-order valence-corrected chi connectivity index (χ0v) is 8.23. The van der Waals surface area contributed by atoms with E-state index in [1.807, 2.05) is 0 Å². The lowest BCUT2D eigenvalue weighted by Gasteiger charge is -2.05. The van der Waals surface area contributed by atoms with Gasteiger partial charge in [0.15, 0.2) is 0 Å². The molecule has 1 rings (SSSR count). The second-order valence-electron chi connectivity index (χ2n) is 2.86. The molecule has 3 N–H and O–H groups in total. The minimum atomic E-state index is -0.948. The lowest BCUT2D eigenvalue weighted by molar-refractivity contribution is -0.136. The number of nitrogens with zero attached hydrogens (tertiary/aromatic N) is 2. The Kier molecular flexibility index (Phi) is 3.67. The van der Waals surface area contributed by atoms with Crippen molar-refractivity contribution >= 4 is 17.8 Å². The van der Waals surface area contributed by atoms with Crippen LogP contribution in [0.3, 0.4) is 0 Å². The summed E-state index contributed by atoms with van der Waals surface area (Å²) in [6.45, 7) is 0.0962. The standard InChI is InChI=1S/C8H12N4O3/c1-12-6(2-5-10-12)11-8(15)9-4-3-7(13)14/h2,5H,3-4H2,1H3,(H,13,14)(H2,9,11,15). The third-order valence-corrected chi connectivity index (χ3v) is 1.69. The van der Waals surface area contributed by atoms with E-state index in [4.69, 9.17) is 5.11 Å². The van der Waals surface area contributed by atoms with Crippen LogP contribution in [0.5, 0.6) is 0 Å². The van der Waals surface area contributed by atoms with Crippen LogP contribution >= 0.6 is 0 Å². The largest absolute Gasteiger partial charge is 0.481 e. The van der Waals surface area contributed by atoms with Crippen LogP contribution in [0.1, 0.15) is 6.42 Å². The Morgan fingerprint density at radius 1 is 1.60 bits per heavy atom. The maximum atomic E-state index is 11.2. The molecule has 0 aliphatic rings. The Bertz CT molecular complexity index is 361. The zero-order chi connectivity index (χ0) is 11.3. The number of urea groups is 1. The summed E-state index contributed by atoms with van der Waals surface area (Å²) in [5.74, 6) is -0.404. The van der Waals surface area contributed by atoms with Crippen LogP contribution in [0, 0.1) is 0 Å². The van der Waals surface area contributed by atoms with E-state index in [0.29, 0.717) is 5.82 Å². The first-order chi connectivity index (χ1) is 7.09. The van der Waals surface area contributed by atoms with Crippen LogP contribution in [0.25, 0.3) is 0 Å². The fraction of sp³-hybridized carbons (Fsp3) is 0.375. The van der Waals surface area contributed by atoms with Crippen molar-refractivity contribution < 1.29 is 14.7 Å². The highest BCUT2D eigenvalue weighted by Crippen LogP contribution is 2.01. The van der Waals surface area contributed by atoms with Gasteiger partial charge in [-0.05, 0) is 0 Å². The van der Waals surface area contributed by atoms with Gasteiger partial charge in [-0.1, -0.05) is 0 Å². The molecule has 82 valence electrons. The van der Waals surface area contributed by atoms with Crippen LogP contribution in [0.15, 0.2) is 12.3 Å². The topological polar surface area (TPSA) is 96.3 Å². The van der Waals surface area contributed by atoms with Gasteiger partial charge < -0.3 is 10.4 Å². The van der Waals surface area contributed by atoms with E-state index < -0.39 is 12.0 Å². The van der Waals surface area contributed by atoms with Gasteiger partial charge in [-0.15, -0.1) is 0 Å². The molecule has 0 fully saturated rings. The van der Waals surface area contributed by atoms with Crippen molar-refractivity contribution in [3.63, 3.8) is 0 Å². The number of carboxylic acids is 1. The molecular weight excluding hydrogens is 200 g/mol. The summed E-state index contributed by atoms with van der Waals surface area (Å²) in [4.78, 5) is 21.4. The Labute approximate surface area is 86.1 Å². The van der Waals surface area contributed by atoms with E-state index in [1.165, 1.54) is 4.68 Å². The van der Waals surface area contributed by atoms with Crippen molar-refractivity contribution in [1.82, 2.24) is 15.1 Å². The predicted octanol–water partition coefficient (Wildman–Crippen LogP) is 0.0163. The second-order valence-corrected chi connectivity index (χ2v) is 2.86. The first-order valence-corrected chi connectivity index (χ1v) is 4.34. The number of aromatic nitrogens is 2. The molecule has 0 aromatic carbocycles. The molecule has 1 aromatic heterocycles. The summed E-state index contributed by atoms with van der Waals surface area (Å²) in [5.41, 5.74) is 0. The molecule has 0 atom stereocenters. The van der Waals surface area contributed by atoms with Gasteiger partial charge in [-0.3, -0.25) is 14.8 Å². The quantitative estimate of drug-likeness (QED) is 0.655. The molecule has 1 aromatic rings. The summed E-state index contributed by atoms with van der Waals surface area (Å²) in [7, 11) is 1.69. The molecule has 7 nitrogen and oxygen atoms in total. The van der Waals surface area contributed by atoms with Crippen molar-refractivity contribution in [3.05, 3.63) is 12.3 Å². The van der Waals surface area contributed by atoms with E-state index >= 15 is 0 Å². The number of aryl methyl sites for hydroxylation is 1. The Morgan fingerprint density at radius 2 is 2.33 bits per heavy atom. The monoisotopic (exact) mass is 212 g/mol. The van der Waals surface area contributed by atoms with Gasteiger partial charge >= 0.3 is 12.0 Å². The number of nitrogens with one attached hydrogen (secondary N) is 2. The first-order valence-electron chi connectivity index (χ1n) is 4.34. The average molecular weight is 212 g/mol. The molecule has 2 amide bonds. The van der Waals surface area contributed by atoms with Gasteiger partial charge in [0.05, 0.1) is 12.6 Å². The summed E-state index contributed by atoms with van der Waals surface area (Å²) in [5, 5.41) is 17.1. The molecule has 7 heteroatoms. The predicted molar refractivity (Wildman–Crippen MR) is 52.5 cm³/mol. The highest BCUT2D eigenvalue weighted by molar-refractivity contribution is 5.88. The van der Waals surface area contributed by atoms with E-state index in [9.17, 15) is 9.59 Å². The third kappa shape index (κ3) is 3.67. The Morgan fingerprint density at radius 3 is 2.87 bits per heavy atom. The molecule has 0 unspecified atom stereocenters. The molecule has 0 saturated carbocycles. The highest BCUT2D eigenvalue weighted by Gasteiger charge is 2.04. The molecule has 0 radical (unpaired) electrons. The number of rotatable bonds is 4. The van der Waals surface area contributed by atoms with E-state index in [-0.39, 0.29) is 13.0 Å². The summed E-state index contributed by atoms with van der Waals surface area (Å²) >= 11 is 0. The van der Waals surface area contributed by atoms with Crippen molar-refractivity contribution in [2.24, 2.45) is 7.05 Å². The summed E-state index contributed by atoms with van der Waals surface area (Å²) in [6.07, 6.45) is 1.45. The SMILES string of the molecule is Cn1nccc1NC(=O)NCCC(=O)O. The van der Waals surface area contributed by atoms with Crippen LogP contribution in [0.4, 0.5) is 10.6 Å². The number of amides is 2. The highest BCUT2D eigenvalue weighted by atomic mass is 16.4. The van der Waals surface area contributed by atoms with Crippen molar-refractivity contribution in [3.8, 4) is 0 Å². The van der Waals surface area contributed by atoms with Gasteiger partial charge in [-0.2, -0.15) is 5.10 Å². The van der Waals surface area contributed by atoms with E-state index in [0.717, 1.165) is 0 Å². The smallest absolute Gasteiger partial charge is 0.320 e. The molecule has 0 aliphatic carbocycles. The molecule has 0 spiro atoms. The number of anilines is 1. The maximum absolute atomic E-state index is 11.2. The zero-order valence-electron chi connectivity index (χ0n) is 8.23. The first kappa shape index (κ1) is 11.0. The van der Waals surface area contributed by atoms with Crippen molar-refractivity contribution in [2.45, 2.75) is 6.42 Å². The minimum Gasteiger partial charge on any atom is -0.481 e. The number of carbonyl (C=O) groups is 2. The van der Waals surface area contributed by atoms with Crippen molar-refractivity contribution in [2.75, 3.05) is 11.9 Å². The molecule has 15 heavy (non-hydrogen) atoms. The molecule has 0 aliphatic heterocycles. The third-order valence-electron chi connectivity index (χ3n) is 1.69. The Hall–Kier alpha value is -2.05.